The molecule has 0 aromatic heterocycles. The molecule has 0 fully saturated rings. The number of nitrogens with one attached hydrogen (secondary N) is 1. The van der Waals surface area contributed by atoms with E-state index < -0.39 is 5.97 Å². The molecule has 4 heteroatoms. The highest BCUT2D eigenvalue weighted by Crippen LogP contribution is 2.25. The first-order chi connectivity index (χ1) is 9.27. The molecule has 0 saturated carbocycles. The Morgan fingerprint density at radius 3 is 1.80 bits per heavy atom. The minimum absolute atomic E-state index is 0.0736. The summed E-state index contributed by atoms with van der Waals surface area (Å²) in [5, 5.41) is 11.4. The average molecular weight is 277 g/mol. The van der Waals surface area contributed by atoms with Gasteiger partial charge in [-0.15, -0.1) is 0 Å². The topological polar surface area (TPSA) is 66.4 Å². The average Bonchev–Trinajstić information content (AvgIpc) is 2.39. The van der Waals surface area contributed by atoms with Gasteiger partial charge in [0.15, 0.2) is 0 Å². The molecule has 0 radical (unpaired) electrons. The Hall–Kier alpha value is -1.84. The maximum Gasteiger partial charge on any atom is 0.303 e. The summed E-state index contributed by atoms with van der Waals surface area (Å²) in [6.45, 7) is 10.4. The number of carboxylic acids is 1. The molecule has 0 aliphatic carbocycles. The third kappa shape index (κ3) is 3.38. The number of rotatable bonds is 5. The molecule has 0 atom stereocenters. The van der Waals surface area contributed by atoms with E-state index in [1.165, 1.54) is 5.56 Å². The van der Waals surface area contributed by atoms with Crippen LogP contribution in [0.25, 0.3) is 0 Å². The molecule has 0 aliphatic heterocycles. The van der Waals surface area contributed by atoms with E-state index in [0.29, 0.717) is 13.0 Å². The largest absolute Gasteiger partial charge is 0.481 e. The Labute approximate surface area is 120 Å². The summed E-state index contributed by atoms with van der Waals surface area (Å²) in [7, 11) is 0. The molecule has 0 unspecified atom stereocenters. The minimum atomic E-state index is -0.839. The predicted octanol–water partition coefficient (Wildman–Crippen LogP) is 2.82. The molecule has 1 aromatic carbocycles. The summed E-state index contributed by atoms with van der Waals surface area (Å²) >= 11 is 0. The molecular weight excluding hydrogens is 254 g/mol. The smallest absolute Gasteiger partial charge is 0.303 e. The number of aliphatic carboxylic acids is 1. The number of hydrogen-bond acceptors (Lipinski definition) is 2. The molecule has 0 spiro atoms. The monoisotopic (exact) mass is 277 g/mol. The summed E-state index contributed by atoms with van der Waals surface area (Å²) in [4.78, 5) is 22.7. The Bertz CT molecular complexity index is 518. The summed E-state index contributed by atoms with van der Waals surface area (Å²) in [6.07, 6.45) is 0.521. The van der Waals surface area contributed by atoms with Crippen molar-refractivity contribution in [2.75, 3.05) is 6.54 Å². The molecule has 4 nitrogen and oxygen atoms in total. The van der Waals surface area contributed by atoms with Crippen molar-refractivity contribution >= 4 is 11.9 Å². The molecule has 1 aromatic rings. The minimum Gasteiger partial charge on any atom is -0.481 e. The maximum atomic E-state index is 12.3. The molecule has 20 heavy (non-hydrogen) atoms. The van der Waals surface area contributed by atoms with Gasteiger partial charge < -0.3 is 10.4 Å². The van der Waals surface area contributed by atoms with Gasteiger partial charge in [-0.3, -0.25) is 9.59 Å². The molecule has 0 saturated heterocycles. The molecule has 2 N–H and O–H groups in total. The van der Waals surface area contributed by atoms with Crippen LogP contribution < -0.4 is 5.32 Å². The summed E-state index contributed by atoms with van der Waals surface area (Å²) in [5.41, 5.74) is 6.23. The van der Waals surface area contributed by atoms with E-state index >= 15 is 0 Å². The zero-order chi connectivity index (χ0) is 15.4. The molecule has 1 amide bonds. The lowest BCUT2D eigenvalue weighted by molar-refractivity contribution is -0.137. The number of carbonyl (C=O) groups is 2. The van der Waals surface area contributed by atoms with Gasteiger partial charge >= 0.3 is 5.97 Å². The van der Waals surface area contributed by atoms with Crippen molar-refractivity contribution in [1.29, 1.82) is 0 Å². The van der Waals surface area contributed by atoms with Crippen molar-refractivity contribution in [2.45, 2.75) is 47.5 Å². The quantitative estimate of drug-likeness (QED) is 0.813. The van der Waals surface area contributed by atoms with Gasteiger partial charge in [0, 0.05) is 18.5 Å². The number of carboxylic acid groups (broad SMARTS) is 1. The zero-order valence-electron chi connectivity index (χ0n) is 12.9. The van der Waals surface area contributed by atoms with E-state index in [9.17, 15) is 9.59 Å². The highest BCUT2D eigenvalue weighted by Gasteiger charge is 2.17. The van der Waals surface area contributed by atoms with E-state index in [1.54, 1.807) is 0 Å². The zero-order valence-corrected chi connectivity index (χ0v) is 12.9. The molecule has 110 valence electrons. The van der Waals surface area contributed by atoms with Crippen molar-refractivity contribution in [3.8, 4) is 0 Å². The lowest BCUT2D eigenvalue weighted by Gasteiger charge is -2.18. The van der Waals surface area contributed by atoms with E-state index in [0.717, 1.165) is 27.8 Å². The normalized spacial score (nSPS) is 10.4. The van der Waals surface area contributed by atoms with Crippen LogP contribution in [0.15, 0.2) is 0 Å². The number of hydrogen-bond donors (Lipinski definition) is 2. The molecule has 0 bridgehead atoms. The van der Waals surface area contributed by atoms with Gasteiger partial charge in [-0.25, -0.2) is 0 Å². The third-order valence-corrected chi connectivity index (χ3v) is 4.08. The van der Waals surface area contributed by atoms with Crippen LogP contribution in [0.3, 0.4) is 0 Å². The first-order valence-corrected chi connectivity index (χ1v) is 6.84. The van der Waals surface area contributed by atoms with Crippen LogP contribution in [0.4, 0.5) is 0 Å². The summed E-state index contributed by atoms with van der Waals surface area (Å²) in [6, 6.07) is 0. The van der Waals surface area contributed by atoms with Gasteiger partial charge in [0.2, 0.25) is 0 Å². The van der Waals surface area contributed by atoms with E-state index in [1.807, 2.05) is 27.7 Å². The van der Waals surface area contributed by atoms with Gasteiger partial charge in [-0.05, 0) is 68.9 Å². The van der Waals surface area contributed by atoms with Gasteiger partial charge in [-0.1, -0.05) is 0 Å². The van der Waals surface area contributed by atoms with Gasteiger partial charge in [0.1, 0.15) is 0 Å². The Kier molecular flexibility index (Phi) is 5.31. The number of benzene rings is 1. The highest BCUT2D eigenvalue weighted by atomic mass is 16.4. The first-order valence-electron chi connectivity index (χ1n) is 6.84. The Balaban J connectivity index is 2.91. The molecular formula is C16H23NO3. The second-order valence-electron chi connectivity index (χ2n) is 5.25. The predicted molar refractivity (Wildman–Crippen MR) is 79.3 cm³/mol. The highest BCUT2D eigenvalue weighted by molar-refractivity contribution is 5.98. The number of amides is 1. The molecule has 0 aliphatic rings. The standard InChI is InChI=1S/C16H23NO3/c1-9-10(2)12(4)15(13(5)11(9)3)16(20)17-8-6-7-14(18)19/h6-8H2,1-5H3,(H,17,20)(H,18,19). The van der Waals surface area contributed by atoms with Gasteiger partial charge in [0.05, 0.1) is 0 Å². The van der Waals surface area contributed by atoms with Crippen LogP contribution in [0.2, 0.25) is 0 Å². The summed E-state index contributed by atoms with van der Waals surface area (Å²) in [5.74, 6) is -0.953. The number of carbonyl (C=O) groups excluding carboxylic acids is 1. The van der Waals surface area contributed by atoms with Crippen LogP contribution in [-0.2, 0) is 4.79 Å². The van der Waals surface area contributed by atoms with E-state index in [2.05, 4.69) is 12.2 Å². The molecule has 1 rings (SSSR count). The Morgan fingerprint density at radius 2 is 1.35 bits per heavy atom. The van der Waals surface area contributed by atoms with Crippen molar-refractivity contribution in [1.82, 2.24) is 5.32 Å². The molecule has 0 heterocycles. The van der Waals surface area contributed by atoms with Crippen molar-refractivity contribution in [3.63, 3.8) is 0 Å². The van der Waals surface area contributed by atoms with Crippen molar-refractivity contribution < 1.29 is 14.7 Å². The Morgan fingerprint density at radius 1 is 0.900 bits per heavy atom. The second-order valence-corrected chi connectivity index (χ2v) is 5.25. The fourth-order valence-corrected chi connectivity index (χ4v) is 2.37. The fourth-order valence-electron chi connectivity index (χ4n) is 2.37. The SMILES string of the molecule is Cc1c(C)c(C)c(C(=O)NCCCC(=O)O)c(C)c1C. The van der Waals surface area contributed by atoms with Crippen LogP contribution in [0.5, 0.6) is 0 Å². The lowest BCUT2D eigenvalue weighted by atomic mass is 9.89. The second kappa shape index (κ2) is 6.55. The lowest BCUT2D eigenvalue weighted by Crippen LogP contribution is -2.27. The van der Waals surface area contributed by atoms with Crippen molar-refractivity contribution in [3.05, 3.63) is 33.4 Å². The van der Waals surface area contributed by atoms with Crippen LogP contribution >= 0.6 is 0 Å². The summed E-state index contributed by atoms with van der Waals surface area (Å²) < 4.78 is 0. The van der Waals surface area contributed by atoms with Gasteiger partial charge in [-0.2, -0.15) is 0 Å². The fraction of sp³-hybridized carbons (Fsp3) is 0.500. The van der Waals surface area contributed by atoms with Gasteiger partial charge in [0.25, 0.3) is 5.91 Å². The van der Waals surface area contributed by atoms with Crippen LogP contribution in [0, 0.1) is 34.6 Å². The van der Waals surface area contributed by atoms with E-state index in [-0.39, 0.29) is 12.3 Å². The van der Waals surface area contributed by atoms with Crippen LogP contribution in [-0.4, -0.2) is 23.5 Å². The van der Waals surface area contributed by atoms with Crippen molar-refractivity contribution in [2.24, 2.45) is 0 Å². The maximum absolute atomic E-state index is 12.3. The van der Waals surface area contributed by atoms with E-state index in [4.69, 9.17) is 5.11 Å². The first kappa shape index (κ1) is 16.2. The third-order valence-electron chi connectivity index (χ3n) is 4.08. The van der Waals surface area contributed by atoms with Crippen LogP contribution in [0.1, 0.15) is 51.0 Å².